The van der Waals surface area contributed by atoms with Crippen LogP contribution in [0.15, 0.2) is 36.5 Å². The number of rotatable bonds is 6. The molecule has 9 heteroatoms. The number of likely N-dealkylation sites (tertiary alicyclic amines) is 1. The molecule has 2 aromatic rings. The number of carbonyl (C=O) groups is 2. The number of nitriles is 1. The SMILES string of the molecule is CC(O)C(=O)[NH+]1CCC(Oc2ccc(-c3ccnc(NC(=O)C4CC4)c3)cc2C#N)C(F)C1. The van der Waals surface area contributed by atoms with Crippen LogP contribution in [0.5, 0.6) is 5.75 Å². The molecule has 4 rings (SSSR count). The minimum Gasteiger partial charge on any atom is -0.486 e. The minimum absolute atomic E-state index is 0.0371. The van der Waals surface area contributed by atoms with E-state index in [0.29, 0.717) is 17.3 Å². The molecule has 0 spiro atoms. The third-order valence-corrected chi connectivity index (χ3v) is 5.97. The predicted molar refractivity (Wildman–Crippen MR) is 117 cm³/mol. The fourth-order valence-corrected chi connectivity index (χ4v) is 3.93. The first-order valence-corrected chi connectivity index (χ1v) is 11.0. The molecule has 33 heavy (non-hydrogen) atoms. The number of aromatic nitrogens is 1. The molecule has 1 saturated carbocycles. The molecule has 1 aliphatic carbocycles. The van der Waals surface area contributed by atoms with Gasteiger partial charge in [0, 0.05) is 18.5 Å². The lowest BCUT2D eigenvalue weighted by Gasteiger charge is -2.31. The number of anilines is 1. The summed E-state index contributed by atoms with van der Waals surface area (Å²) in [6, 6.07) is 10.7. The highest BCUT2D eigenvalue weighted by molar-refractivity contribution is 5.93. The third kappa shape index (κ3) is 5.35. The van der Waals surface area contributed by atoms with Crippen LogP contribution in [0.3, 0.4) is 0 Å². The summed E-state index contributed by atoms with van der Waals surface area (Å²) in [5.41, 5.74) is 1.77. The number of nitrogens with zero attached hydrogens (tertiary/aromatic N) is 2. The van der Waals surface area contributed by atoms with E-state index in [1.54, 1.807) is 36.5 Å². The summed E-state index contributed by atoms with van der Waals surface area (Å²) in [5.74, 6) is 0.322. The Morgan fingerprint density at radius 3 is 2.70 bits per heavy atom. The number of hydrogen-bond donors (Lipinski definition) is 3. The number of pyridine rings is 1. The van der Waals surface area contributed by atoms with Crippen molar-refractivity contribution in [1.82, 2.24) is 4.98 Å². The van der Waals surface area contributed by atoms with Gasteiger partial charge in [0.2, 0.25) is 5.91 Å². The summed E-state index contributed by atoms with van der Waals surface area (Å²) in [5, 5.41) is 21.9. The van der Waals surface area contributed by atoms with Gasteiger partial charge >= 0.3 is 5.91 Å². The Hall–Kier alpha value is -3.35. The van der Waals surface area contributed by atoms with E-state index in [2.05, 4.69) is 16.4 Å². The Labute approximate surface area is 191 Å². The average molecular weight is 453 g/mol. The van der Waals surface area contributed by atoms with Crippen molar-refractivity contribution in [3.63, 3.8) is 0 Å². The van der Waals surface area contributed by atoms with Crippen molar-refractivity contribution < 1.29 is 28.7 Å². The van der Waals surface area contributed by atoms with Crippen molar-refractivity contribution in [1.29, 1.82) is 5.26 Å². The van der Waals surface area contributed by atoms with Crippen LogP contribution >= 0.6 is 0 Å². The molecule has 3 N–H and O–H groups in total. The van der Waals surface area contributed by atoms with Gasteiger partial charge in [0.05, 0.1) is 12.1 Å². The third-order valence-electron chi connectivity index (χ3n) is 5.97. The van der Waals surface area contributed by atoms with Crippen LogP contribution in [0.2, 0.25) is 0 Å². The molecule has 2 amide bonds. The van der Waals surface area contributed by atoms with Gasteiger partial charge in [-0.1, -0.05) is 6.07 Å². The van der Waals surface area contributed by atoms with E-state index in [9.17, 15) is 24.3 Å². The number of carbonyl (C=O) groups excluding carboxylic acids is 2. The summed E-state index contributed by atoms with van der Waals surface area (Å²) in [6.07, 6.45) is 0.352. The lowest BCUT2D eigenvalue weighted by molar-refractivity contribution is -0.832. The van der Waals surface area contributed by atoms with E-state index >= 15 is 0 Å². The Morgan fingerprint density at radius 2 is 2.03 bits per heavy atom. The lowest BCUT2D eigenvalue weighted by Crippen LogP contribution is -3.18. The van der Waals surface area contributed by atoms with E-state index in [0.717, 1.165) is 24.0 Å². The second-order valence-corrected chi connectivity index (χ2v) is 8.57. The molecule has 4 unspecified atom stereocenters. The molecular weight excluding hydrogens is 427 g/mol. The van der Waals surface area contributed by atoms with Crippen molar-refractivity contribution >= 4 is 17.6 Å². The Balaban J connectivity index is 1.46. The monoisotopic (exact) mass is 453 g/mol. The van der Waals surface area contributed by atoms with E-state index in [4.69, 9.17) is 4.74 Å². The van der Waals surface area contributed by atoms with Crippen LogP contribution in [-0.2, 0) is 9.59 Å². The smallest absolute Gasteiger partial charge is 0.340 e. The predicted octanol–water partition coefficient (Wildman–Crippen LogP) is 1.25. The molecule has 0 bridgehead atoms. The number of nitrogens with one attached hydrogen (secondary N) is 2. The van der Waals surface area contributed by atoms with E-state index in [1.165, 1.54) is 6.92 Å². The summed E-state index contributed by atoms with van der Waals surface area (Å²) < 4.78 is 20.5. The average Bonchev–Trinajstić information content (AvgIpc) is 3.66. The number of benzene rings is 1. The number of alkyl halides is 1. The van der Waals surface area contributed by atoms with E-state index < -0.39 is 24.3 Å². The summed E-state index contributed by atoms with van der Waals surface area (Å²) in [4.78, 5) is 28.5. The number of halogens is 1. The van der Waals surface area contributed by atoms with Crippen LogP contribution in [0.1, 0.15) is 31.7 Å². The zero-order valence-electron chi connectivity index (χ0n) is 18.3. The molecule has 2 aliphatic rings. The second kappa shape index (κ2) is 9.65. The highest BCUT2D eigenvalue weighted by Gasteiger charge is 2.38. The number of aliphatic hydroxyl groups is 1. The normalized spacial score (nSPS) is 23.3. The number of piperidine rings is 1. The zero-order chi connectivity index (χ0) is 23.5. The van der Waals surface area contributed by atoms with E-state index in [-0.39, 0.29) is 36.1 Å². The molecule has 1 aromatic heterocycles. The van der Waals surface area contributed by atoms with Crippen LogP contribution in [-0.4, -0.2) is 53.4 Å². The maximum absolute atomic E-state index is 14.7. The first-order valence-electron chi connectivity index (χ1n) is 11.0. The number of aliphatic hydroxyl groups excluding tert-OH is 1. The molecule has 1 saturated heterocycles. The van der Waals surface area contributed by atoms with Gasteiger partial charge in [0.1, 0.15) is 30.3 Å². The maximum Gasteiger partial charge on any atom is 0.340 e. The van der Waals surface area contributed by atoms with Gasteiger partial charge in [-0.25, -0.2) is 14.2 Å². The van der Waals surface area contributed by atoms with Crippen LogP contribution < -0.4 is 15.0 Å². The van der Waals surface area contributed by atoms with Gasteiger partial charge in [-0.3, -0.25) is 9.69 Å². The number of amides is 2. The topological polar surface area (TPSA) is 117 Å². The maximum atomic E-state index is 14.7. The second-order valence-electron chi connectivity index (χ2n) is 8.57. The molecule has 1 aliphatic heterocycles. The highest BCUT2D eigenvalue weighted by atomic mass is 19.1. The molecule has 8 nitrogen and oxygen atoms in total. The highest BCUT2D eigenvalue weighted by Crippen LogP contribution is 2.31. The van der Waals surface area contributed by atoms with Crippen molar-refractivity contribution in [2.24, 2.45) is 5.92 Å². The van der Waals surface area contributed by atoms with Crippen molar-refractivity contribution in [2.75, 3.05) is 18.4 Å². The van der Waals surface area contributed by atoms with Crippen LogP contribution in [0, 0.1) is 17.2 Å². The molecule has 4 atom stereocenters. The summed E-state index contributed by atoms with van der Waals surface area (Å²) >= 11 is 0. The number of hydrogen-bond acceptors (Lipinski definition) is 6. The Kier molecular flexibility index (Phi) is 6.67. The quantitative estimate of drug-likeness (QED) is 0.606. The number of quaternary nitrogens is 1. The zero-order valence-corrected chi connectivity index (χ0v) is 18.3. The fraction of sp³-hybridized carbons (Fsp3) is 0.417. The van der Waals surface area contributed by atoms with E-state index in [1.807, 2.05) is 0 Å². The lowest BCUT2D eigenvalue weighted by atomic mass is 10.0. The molecule has 1 aromatic carbocycles. The molecule has 2 heterocycles. The first kappa shape index (κ1) is 22.8. The van der Waals surface area contributed by atoms with Gasteiger partial charge in [0.15, 0.2) is 12.3 Å². The standard InChI is InChI=1S/C24H25FN4O4/c1-14(30)24(32)29-9-7-21(19(25)13-29)33-20-5-4-16(10-18(20)12-26)17-6-8-27-22(11-17)28-23(31)15-2-3-15/h4-6,8,10-11,14-15,19,21,30H,2-3,7,9,13H2,1H3,(H,27,28,31)/p+1. The van der Waals surface area contributed by atoms with Crippen molar-refractivity contribution in [2.45, 2.75) is 44.6 Å². The molecule has 172 valence electrons. The van der Waals surface area contributed by atoms with Crippen LogP contribution in [0.25, 0.3) is 11.1 Å². The minimum atomic E-state index is -1.40. The molecular formula is C24H26FN4O4+. The summed E-state index contributed by atoms with van der Waals surface area (Å²) in [7, 11) is 0. The van der Waals surface area contributed by atoms with Crippen molar-refractivity contribution in [3.8, 4) is 22.9 Å². The van der Waals surface area contributed by atoms with Gasteiger partial charge < -0.3 is 15.2 Å². The van der Waals surface area contributed by atoms with Crippen molar-refractivity contribution in [3.05, 3.63) is 42.1 Å². The van der Waals surface area contributed by atoms with Crippen LogP contribution in [0.4, 0.5) is 10.2 Å². The largest absolute Gasteiger partial charge is 0.486 e. The summed E-state index contributed by atoms with van der Waals surface area (Å²) in [6.45, 7) is 1.64. The first-order chi connectivity index (χ1) is 15.9. The van der Waals surface area contributed by atoms with Gasteiger partial charge in [-0.2, -0.15) is 5.26 Å². The Bertz CT molecular complexity index is 1100. The molecule has 0 radical (unpaired) electrons. The number of ether oxygens (including phenoxy) is 1. The fourth-order valence-electron chi connectivity index (χ4n) is 3.93. The van der Waals surface area contributed by atoms with Gasteiger partial charge in [-0.15, -0.1) is 0 Å². The van der Waals surface area contributed by atoms with Gasteiger partial charge in [-0.05, 0) is 55.2 Å². The molecule has 2 fully saturated rings. The Morgan fingerprint density at radius 1 is 1.27 bits per heavy atom. The van der Waals surface area contributed by atoms with Gasteiger partial charge in [0.25, 0.3) is 0 Å².